The molecule has 1 fully saturated rings. The van der Waals surface area contributed by atoms with Crippen molar-refractivity contribution >= 4 is 5.91 Å². The molecule has 1 aliphatic heterocycles. The van der Waals surface area contributed by atoms with E-state index in [-0.39, 0.29) is 0 Å². The Hall–Kier alpha value is -0.790. The highest BCUT2D eigenvalue weighted by Gasteiger charge is 2.24. The van der Waals surface area contributed by atoms with E-state index >= 15 is 0 Å². The summed E-state index contributed by atoms with van der Waals surface area (Å²) >= 11 is 0. The maximum atomic E-state index is 11.8. The number of carbonyl (C=O) groups excluding carboxylic acids is 1. The third kappa shape index (κ3) is 2.86. The fourth-order valence-corrected chi connectivity index (χ4v) is 2.12. The molecule has 80 valence electrons. The predicted molar refractivity (Wildman–Crippen MR) is 59.1 cm³/mol. The highest BCUT2D eigenvalue weighted by Crippen LogP contribution is 2.20. The summed E-state index contributed by atoms with van der Waals surface area (Å²) in [5.74, 6) is 0.316. The van der Waals surface area contributed by atoms with Gasteiger partial charge in [0.1, 0.15) is 0 Å². The lowest BCUT2D eigenvalue weighted by atomic mass is 9.99. The van der Waals surface area contributed by atoms with Crippen LogP contribution in [0.25, 0.3) is 0 Å². The molecule has 1 heterocycles. The Morgan fingerprint density at radius 2 is 2.36 bits per heavy atom. The number of carbonyl (C=O) groups is 1. The number of nitrogens with zero attached hydrogens (tertiary/aromatic N) is 1. The van der Waals surface area contributed by atoms with Gasteiger partial charge in [-0.1, -0.05) is 13.0 Å². The van der Waals surface area contributed by atoms with Crippen molar-refractivity contribution in [1.82, 2.24) is 4.90 Å². The molecule has 0 radical (unpaired) electrons. The van der Waals surface area contributed by atoms with Crippen LogP contribution >= 0.6 is 0 Å². The molecule has 0 aromatic heterocycles. The van der Waals surface area contributed by atoms with Gasteiger partial charge >= 0.3 is 0 Å². The van der Waals surface area contributed by atoms with Gasteiger partial charge in [-0.3, -0.25) is 4.79 Å². The van der Waals surface area contributed by atoms with Crippen molar-refractivity contribution in [2.45, 2.75) is 51.5 Å². The Kier molecular flexibility index (Phi) is 4.71. The zero-order valence-corrected chi connectivity index (χ0v) is 9.17. The largest absolute Gasteiger partial charge is 0.340 e. The lowest BCUT2D eigenvalue weighted by Gasteiger charge is -2.35. The average molecular weight is 195 g/mol. The van der Waals surface area contributed by atoms with Gasteiger partial charge in [-0.2, -0.15) is 0 Å². The Morgan fingerprint density at radius 3 is 3.00 bits per heavy atom. The van der Waals surface area contributed by atoms with Crippen LogP contribution in [0.2, 0.25) is 0 Å². The molecule has 1 amide bonds. The van der Waals surface area contributed by atoms with E-state index in [1.165, 1.54) is 19.3 Å². The van der Waals surface area contributed by atoms with Crippen molar-refractivity contribution in [3.05, 3.63) is 12.7 Å². The molecule has 14 heavy (non-hydrogen) atoms. The maximum Gasteiger partial charge on any atom is 0.223 e. The molecule has 2 heteroatoms. The van der Waals surface area contributed by atoms with Crippen LogP contribution in [0.4, 0.5) is 0 Å². The van der Waals surface area contributed by atoms with Gasteiger partial charge in [0.05, 0.1) is 0 Å². The van der Waals surface area contributed by atoms with Crippen LogP contribution in [0.15, 0.2) is 12.7 Å². The van der Waals surface area contributed by atoms with Crippen molar-refractivity contribution < 1.29 is 4.79 Å². The van der Waals surface area contributed by atoms with Crippen molar-refractivity contribution in [2.24, 2.45) is 0 Å². The molecule has 0 aliphatic carbocycles. The van der Waals surface area contributed by atoms with Crippen molar-refractivity contribution in [3.8, 4) is 0 Å². The Bertz CT molecular complexity index is 200. The molecule has 2 nitrogen and oxygen atoms in total. The summed E-state index contributed by atoms with van der Waals surface area (Å²) in [6.45, 7) is 6.78. The summed E-state index contributed by atoms with van der Waals surface area (Å²) in [5.41, 5.74) is 0. The van der Waals surface area contributed by atoms with Crippen LogP contribution in [0, 0.1) is 0 Å². The van der Waals surface area contributed by atoms with Gasteiger partial charge in [0.2, 0.25) is 5.91 Å². The van der Waals surface area contributed by atoms with Crippen LogP contribution in [0.5, 0.6) is 0 Å². The van der Waals surface area contributed by atoms with Gasteiger partial charge in [0.15, 0.2) is 0 Å². The molecule has 1 atom stereocenters. The van der Waals surface area contributed by atoms with E-state index in [1.54, 1.807) is 0 Å². The van der Waals surface area contributed by atoms with Crippen LogP contribution in [0.1, 0.15) is 45.4 Å². The van der Waals surface area contributed by atoms with E-state index < -0.39 is 0 Å². The fourth-order valence-electron chi connectivity index (χ4n) is 2.12. The number of hydrogen-bond donors (Lipinski definition) is 0. The minimum absolute atomic E-state index is 0.316. The third-order valence-corrected chi connectivity index (χ3v) is 2.98. The summed E-state index contributed by atoms with van der Waals surface area (Å²) in [6, 6.07) is 0.501. The molecule has 1 aliphatic rings. The molecule has 0 saturated carbocycles. The number of piperidine rings is 1. The van der Waals surface area contributed by atoms with Crippen molar-refractivity contribution in [3.63, 3.8) is 0 Å². The molecular weight excluding hydrogens is 174 g/mol. The lowest BCUT2D eigenvalue weighted by Crippen LogP contribution is -2.43. The number of likely N-dealkylation sites (tertiary alicyclic amines) is 1. The highest BCUT2D eigenvalue weighted by molar-refractivity contribution is 5.76. The molecule has 1 saturated heterocycles. The van der Waals surface area contributed by atoms with Crippen molar-refractivity contribution in [1.29, 1.82) is 0 Å². The highest BCUT2D eigenvalue weighted by atomic mass is 16.2. The second-order valence-electron chi connectivity index (χ2n) is 3.97. The zero-order valence-electron chi connectivity index (χ0n) is 9.17. The van der Waals surface area contributed by atoms with E-state index in [9.17, 15) is 4.79 Å². The van der Waals surface area contributed by atoms with Crippen LogP contribution in [0.3, 0.4) is 0 Å². The SMILES string of the molecule is C=CCCC(=O)N1CCCC[C@@H]1CC. The molecule has 0 bridgehead atoms. The number of rotatable bonds is 4. The normalized spacial score (nSPS) is 22.1. The molecule has 0 aromatic rings. The van der Waals surface area contributed by atoms with Gasteiger partial charge in [0.25, 0.3) is 0 Å². The molecule has 0 N–H and O–H groups in total. The molecule has 0 aromatic carbocycles. The van der Waals surface area contributed by atoms with Gasteiger partial charge in [-0.25, -0.2) is 0 Å². The first kappa shape index (κ1) is 11.3. The van der Waals surface area contributed by atoms with E-state index in [0.717, 1.165) is 19.4 Å². The summed E-state index contributed by atoms with van der Waals surface area (Å²) in [6.07, 6.45) is 8.02. The average Bonchev–Trinajstić information content (AvgIpc) is 2.25. The predicted octanol–water partition coefficient (Wildman–Crippen LogP) is 2.74. The molecule has 1 rings (SSSR count). The Balaban J connectivity index is 2.45. The first-order chi connectivity index (χ1) is 6.79. The third-order valence-electron chi connectivity index (χ3n) is 2.98. The summed E-state index contributed by atoms with van der Waals surface area (Å²) in [4.78, 5) is 13.9. The van der Waals surface area contributed by atoms with Crippen LogP contribution in [-0.2, 0) is 4.79 Å². The number of hydrogen-bond acceptors (Lipinski definition) is 1. The van der Waals surface area contributed by atoms with Crippen LogP contribution in [-0.4, -0.2) is 23.4 Å². The van der Waals surface area contributed by atoms with Gasteiger partial charge in [-0.15, -0.1) is 6.58 Å². The Labute approximate surface area is 87.0 Å². The Morgan fingerprint density at radius 1 is 1.57 bits per heavy atom. The minimum Gasteiger partial charge on any atom is -0.340 e. The summed E-state index contributed by atoms with van der Waals surface area (Å²) in [7, 11) is 0. The maximum absolute atomic E-state index is 11.8. The number of allylic oxidation sites excluding steroid dienone is 1. The quantitative estimate of drug-likeness (QED) is 0.632. The van der Waals surface area contributed by atoms with Gasteiger partial charge in [0, 0.05) is 19.0 Å². The number of amides is 1. The monoisotopic (exact) mass is 195 g/mol. The van der Waals surface area contributed by atoms with Crippen molar-refractivity contribution in [2.75, 3.05) is 6.54 Å². The first-order valence-corrected chi connectivity index (χ1v) is 5.70. The summed E-state index contributed by atoms with van der Waals surface area (Å²) in [5, 5.41) is 0. The first-order valence-electron chi connectivity index (χ1n) is 5.70. The lowest BCUT2D eigenvalue weighted by molar-refractivity contribution is -0.134. The fraction of sp³-hybridized carbons (Fsp3) is 0.750. The van der Waals surface area contributed by atoms with E-state index in [0.29, 0.717) is 18.4 Å². The van der Waals surface area contributed by atoms with E-state index in [4.69, 9.17) is 0 Å². The zero-order chi connectivity index (χ0) is 10.4. The molecule has 0 unspecified atom stereocenters. The minimum atomic E-state index is 0.316. The van der Waals surface area contributed by atoms with Gasteiger partial charge in [-0.05, 0) is 32.1 Å². The van der Waals surface area contributed by atoms with E-state index in [1.807, 2.05) is 6.08 Å². The summed E-state index contributed by atoms with van der Waals surface area (Å²) < 4.78 is 0. The standard InChI is InChI=1S/C12H21NO/c1-3-5-9-12(14)13-10-7-6-8-11(13)4-2/h3,11H,1,4-10H2,2H3/t11-/m0/s1. The molecule has 0 spiro atoms. The van der Waals surface area contributed by atoms with Crippen LogP contribution < -0.4 is 0 Å². The van der Waals surface area contributed by atoms with E-state index in [2.05, 4.69) is 18.4 Å². The van der Waals surface area contributed by atoms with Gasteiger partial charge < -0.3 is 4.90 Å². The second-order valence-corrected chi connectivity index (χ2v) is 3.97. The second kappa shape index (κ2) is 5.84. The smallest absolute Gasteiger partial charge is 0.223 e. The molecular formula is C12H21NO. The topological polar surface area (TPSA) is 20.3 Å².